The van der Waals surface area contributed by atoms with E-state index in [0.717, 1.165) is 11.1 Å². The van der Waals surface area contributed by atoms with Gasteiger partial charge in [0.25, 0.3) is 0 Å². The minimum atomic E-state index is -0.950. The number of halogens is 3. The van der Waals surface area contributed by atoms with Gasteiger partial charge in [-0.2, -0.15) is 0 Å². The van der Waals surface area contributed by atoms with Gasteiger partial charge in [0, 0.05) is 18.7 Å². The van der Waals surface area contributed by atoms with E-state index in [1.54, 1.807) is 48.5 Å². The summed E-state index contributed by atoms with van der Waals surface area (Å²) < 4.78 is 27.9. The summed E-state index contributed by atoms with van der Waals surface area (Å²) in [7, 11) is 0. The molecular formula is C21H19BrF2N2O. The van der Waals surface area contributed by atoms with Crippen LogP contribution in [0.3, 0.4) is 0 Å². The molecule has 0 bridgehead atoms. The third-order valence-electron chi connectivity index (χ3n) is 4.26. The number of benzene rings is 3. The molecule has 4 N–H and O–H groups in total. The Morgan fingerprint density at radius 1 is 0.963 bits per heavy atom. The first-order valence-corrected chi connectivity index (χ1v) is 9.21. The largest absolute Gasteiger partial charge is 0.374 e. The highest BCUT2D eigenvalue weighted by molar-refractivity contribution is 9.10. The lowest BCUT2D eigenvalue weighted by Crippen LogP contribution is -2.20. The van der Waals surface area contributed by atoms with E-state index in [0.29, 0.717) is 34.3 Å². The molecular weight excluding hydrogens is 414 g/mol. The van der Waals surface area contributed by atoms with Crippen LogP contribution in [0.25, 0.3) is 11.1 Å². The maximum Gasteiger partial charge on any atom is 0.137 e. The predicted octanol–water partition coefficient (Wildman–Crippen LogP) is 4.63. The molecule has 3 aromatic rings. The first-order chi connectivity index (χ1) is 13.0. The van der Waals surface area contributed by atoms with Crippen LogP contribution < -0.4 is 11.1 Å². The number of aliphatic hydroxyl groups is 1. The predicted molar refractivity (Wildman–Crippen MR) is 106 cm³/mol. The molecule has 0 spiro atoms. The van der Waals surface area contributed by atoms with Crippen molar-refractivity contribution in [2.24, 2.45) is 5.73 Å². The molecule has 0 fully saturated rings. The van der Waals surface area contributed by atoms with E-state index >= 15 is 0 Å². The molecule has 0 aliphatic heterocycles. The van der Waals surface area contributed by atoms with Gasteiger partial charge in [0.15, 0.2) is 0 Å². The van der Waals surface area contributed by atoms with Crippen LogP contribution in [-0.2, 0) is 13.1 Å². The Balaban J connectivity index is 1.77. The fraction of sp³-hybridized carbons (Fsp3) is 0.143. The molecule has 0 aliphatic rings. The van der Waals surface area contributed by atoms with Gasteiger partial charge in [0.2, 0.25) is 0 Å². The molecule has 0 amide bonds. The minimum Gasteiger partial charge on any atom is -0.374 e. The van der Waals surface area contributed by atoms with Crippen molar-refractivity contribution in [3.63, 3.8) is 0 Å². The van der Waals surface area contributed by atoms with Gasteiger partial charge in [-0.25, -0.2) is 8.78 Å². The Hall–Kier alpha value is -2.12. The van der Waals surface area contributed by atoms with Crippen molar-refractivity contribution in [2.75, 3.05) is 0 Å². The van der Waals surface area contributed by atoms with Gasteiger partial charge >= 0.3 is 0 Å². The molecule has 27 heavy (non-hydrogen) atoms. The lowest BCUT2D eigenvalue weighted by molar-refractivity contribution is 0.137. The van der Waals surface area contributed by atoms with Crippen LogP contribution in [0.5, 0.6) is 0 Å². The molecule has 3 aromatic carbocycles. The first kappa shape index (κ1) is 19.6. The molecule has 0 heterocycles. The fourth-order valence-corrected chi connectivity index (χ4v) is 3.21. The van der Waals surface area contributed by atoms with E-state index in [2.05, 4.69) is 21.2 Å². The lowest BCUT2D eigenvalue weighted by Gasteiger charge is -2.15. The molecule has 0 aromatic heterocycles. The second kappa shape index (κ2) is 8.71. The van der Waals surface area contributed by atoms with Gasteiger partial charge in [-0.3, -0.25) is 5.32 Å². The lowest BCUT2D eigenvalue weighted by atomic mass is 10.00. The summed E-state index contributed by atoms with van der Waals surface area (Å²) in [5, 5.41) is 13.4. The molecule has 3 rings (SSSR count). The number of nitrogens with two attached hydrogens (primary N) is 1. The van der Waals surface area contributed by atoms with Crippen molar-refractivity contribution >= 4 is 15.9 Å². The van der Waals surface area contributed by atoms with E-state index < -0.39 is 6.23 Å². The molecule has 3 nitrogen and oxygen atoms in total. The zero-order chi connectivity index (χ0) is 19.4. The second-order valence-electron chi connectivity index (χ2n) is 6.18. The summed E-state index contributed by atoms with van der Waals surface area (Å²) in [5.41, 5.74) is 8.99. The highest BCUT2D eigenvalue weighted by Gasteiger charge is 2.11. The number of aliphatic hydroxyl groups excluding tert-OH is 1. The van der Waals surface area contributed by atoms with Crippen molar-refractivity contribution < 1.29 is 13.9 Å². The van der Waals surface area contributed by atoms with E-state index in [4.69, 9.17) is 5.73 Å². The third-order valence-corrected chi connectivity index (χ3v) is 4.87. The number of nitrogens with one attached hydrogen (secondary N) is 1. The number of hydrogen-bond acceptors (Lipinski definition) is 3. The van der Waals surface area contributed by atoms with Gasteiger partial charge in [-0.1, -0.05) is 30.3 Å². The highest BCUT2D eigenvalue weighted by Crippen LogP contribution is 2.26. The average Bonchev–Trinajstić information content (AvgIpc) is 2.69. The summed E-state index contributed by atoms with van der Waals surface area (Å²) in [4.78, 5) is 0. The van der Waals surface area contributed by atoms with Crippen LogP contribution in [-0.4, -0.2) is 5.11 Å². The molecule has 0 radical (unpaired) electrons. The summed E-state index contributed by atoms with van der Waals surface area (Å²) in [6, 6.07) is 16.5. The standard InChI is InChI=1S/C21H19BrF2N2O/c22-18-9-14(5-7-20(18)24)12-26-21(27)16-3-1-2-15(10-16)17-8-13(11-25)4-6-19(17)23/h1-10,21,26-27H,11-12,25H2. The Kier molecular flexibility index (Phi) is 6.34. The molecule has 0 saturated heterocycles. The van der Waals surface area contributed by atoms with Crippen LogP contribution in [0.15, 0.2) is 65.1 Å². The monoisotopic (exact) mass is 432 g/mol. The van der Waals surface area contributed by atoms with E-state index in [9.17, 15) is 13.9 Å². The summed E-state index contributed by atoms with van der Waals surface area (Å²) in [6.07, 6.45) is -0.950. The maximum atomic E-state index is 14.2. The number of rotatable bonds is 6. The summed E-state index contributed by atoms with van der Waals surface area (Å²) in [5.74, 6) is -0.684. The van der Waals surface area contributed by atoms with E-state index in [1.807, 2.05) is 0 Å². The Morgan fingerprint density at radius 2 is 1.70 bits per heavy atom. The fourth-order valence-electron chi connectivity index (χ4n) is 2.78. The smallest absolute Gasteiger partial charge is 0.137 e. The zero-order valence-electron chi connectivity index (χ0n) is 14.4. The maximum absolute atomic E-state index is 14.2. The van der Waals surface area contributed by atoms with Crippen LogP contribution >= 0.6 is 15.9 Å². The third kappa shape index (κ3) is 4.78. The van der Waals surface area contributed by atoms with Gasteiger partial charge in [0.1, 0.15) is 17.9 Å². The quantitative estimate of drug-likeness (QED) is 0.497. The Bertz CT molecular complexity index is 949. The van der Waals surface area contributed by atoms with Crippen molar-refractivity contribution in [2.45, 2.75) is 19.3 Å². The molecule has 0 saturated carbocycles. The number of hydrogen-bond donors (Lipinski definition) is 3. The minimum absolute atomic E-state index is 0.324. The second-order valence-corrected chi connectivity index (χ2v) is 7.03. The van der Waals surface area contributed by atoms with Crippen LogP contribution in [0.2, 0.25) is 0 Å². The first-order valence-electron chi connectivity index (χ1n) is 8.42. The zero-order valence-corrected chi connectivity index (χ0v) is 16.0. The SMILES string of the molecule is NCc1ccc(F)c(-c2cccc(C(O)NCc3ccc(F)c(Br)c3)c2)c1. The van der Waals surface area contributed by atoms with Crippen molar-refractivity contribution in [3.8, 4) is 11.1 Å². The van der Waals surface area contributed by atoms with Gasteiger partial charge in [0.05, 0.1) is 4.47 Å². The molecule has 1 atom stereocenters. The Labute approximate surface area is 165 Å². The molecule has 0 aliphatic carbocycles. The molecule has 6 heteroatoms. The van der Waals surface area contributed by atoms with E-state index in [1.165, 1.54) is 12.1 Å². The van der Waals surface area contributed by atoms with Crippen molar-refractivity contribution in [3.05, 3.63) is 93.5 Å². The van der Waals surface area contributed by atoms with Crippen LogP contribution in [0.4, 0.5) is 8.78 Å². The van der Waals surface area contributed by atoms with Gasteiger partial charge < -0.3 is 10.8 Å². The summed E-state index contributed by atoms with van der Waals surface area (Å²) in [6.45, 7) is 0.672. The summed E-state index contributed by atoms with van der Waals surface area (Å²) >= 11 is 3.14. The van der Waals surface area contributed by atoms with E-state index in [-0.39, 0.29) is 11.6 Å². The topological polar surface area (TPSA) is 58.3 Å². The average molecular weight is 433 g/mol. The normalized spacial score (nSPS) is 12.2. The Morgan fingerprint density at radius 3 is 2.44 bits per heavy atom. The van der Waals surface area contributed by atoms with Gasteiger partial charge in [-0.15, -0.1) is 0 Å². The van der Waals surface area contributed by atoms with Gasteiger partial charge in [-0.05, 0) is 68.5 Å². The van der Waals surface area contributed by atoms with Crippen LogP contribution in [0.1, 0.15) is 22.9 Å². The highest BCUT2D eigenvalue weighted by atomic mass is 79.9. The molecule has 1 unspecified atom stereocenters. The van der Waals surface area contributed by atoms with Crippen molar-refractivity contribution in [1.29, 1.82) is 0 Å². The van der Waals surface area contributed by atoms with Crippen molar-refractivity contribution in [1.82, 2.24) is 5.32 Å². The molecule has 140 valence electrons. The van der Waals surface area contributed by atoms with Crippen LogP contribution in [0, 0.1) is 11.6 Å².